The zero-order valence-electron chi connectivity index (χ0n) is 23.3. The van der Waals surface area contributed by atoms with Crippen LogP contribution in [0.5, 0.6) is 5.75 Å². The summed E-state index contributed by atoms with van der Waals surface area (Å²) in [5.74, 6) is 1.39. The Morgan fingerprint density at radius 2 is 1.90 bits per heavy atom. The number of benzene rings is 1. The predicted molar refractivity (Wildman–Crippen MR) is 147 cm³/mol. The molecule has 1 aliphatic heterocycles. The van der Waals surface area contributed by atoms with Crippen molar-refractivity contribution in [3.63, 3.8) is 0 Å². The van der Waals surface area contributed by atoms with Crippen molar-refractivity contribution in [3.05, 3.63) is 81.9 Å². The number of hydrogen-bond donors (Lipinski definition) is 0. The number of carbonyl (C=O) groups excluding carboxylic acids is 1. The van der Waals surface area contributed by atoms with Crippen molar-refractivity contribution in [1.82, 2.24) is 29.2 Å². The molecule has 0 bridgehead atoms. The van der Waals surface area contributed by atoms with Crippen molar-refractivity contribution >= 4 is 5.91 Å². The molecule has 0 fully saturated rings. The Morgan fingerprint density at radius 3 is 2.54 bits per heavy atom. The lowest BCUT2D eigenvalue weighted by molar-refractivity contribution is 0.0669. The Balaban J connectivity index is 1.56. The maximum atomic E-state index is 14.1. The topological polar surface area (TPSA) is 102 Å². The molecule has 0 saturated carbocycles. The van der Waals surface area contributed by atoms with Crippen LogP contribution in [-0.4, -0.2) is 48.3 Å². The van der Waals surface area contributed by atoms with Gasteiger partial charge < -0.3 is 14.2 Å². The van der Waals surface area contributed by atoms with E-state index in [1.165, 1.54) is 6.20 Å². The van der Waals surface area contributed by atoms with Crippen molar-refractivity contribution in [2.45, 2.75) is 53.6 Å². The van der Waals surface area contributed by atoms with Gasteiger partial charge in [-0.25, -0.2) is 4.98 Å². The zero-order chi connectivity index (χ0) is 27.8. The summed E-state index contributed by atoms with van der Waals surface area (Å²) in [7, 11) is 1.92. The van der Waals surface area contributed by atoms with Gasteiger partial charge in [-0.15, -0.1) is 0 Å². The highest BCUT2D eigenvalue weighted by atomic mass is 16.5. The zero-order valence-corrected chi connectivity index (χ0v) is 23.3. The highest BCUT2D eigenvalue weighted by Gasteiger charge is 2.32. The van der Waals surface area contributed by atoms with Crippen LogP contribution in [0.4, 0.5) is 0 Å². The fraction of sp³-hybridized carbons (Fsp3) is 0.367. The van der Waals surface area contributed by atoms with E-state index in [0.29, 0.717) is 48.7 Å². The second-order valence-electron chi connectivity index (χ2n) is 10.1. The summed E-state index contributed by atoms with van der Waals surface area (Å²) in [4.78, 5) is 25.0. The number of pyridine rings is 1. The van der Waals surface area contributed by atoms with E-state index in [0.717, 1.165) is 39.5 Å². The summed E-state index contributed by atoms with van der Waals surface area (Å²) in [5.41, 5.74) is 7.85. The SMILES string of the molecule is CCOc1cc(C(C)N2CCc3c(cc(Cn4cc(C)nc4C)cc3-c3cn(C)nc3C)C2=O)ncc1C#N. The van der Waals surface area contributed by atoms with Crippen molar-refractivity contribution < 1.29 is 9.53 Å². The Bertz CT molecular complexity index is 1610. The molecule has 1 aliphatic rings. The standard InChI is InChI=1S/C30H33N7O2/c1-7-39-29-12-28(32-14-23(29)13-31)20(4)37-9-8-24-25(27-17-35(6)34-19(27)3)10-22(11-26(24)30(37)38)16-36-15-18(2)33-21(36)5/h10-12,14-15,17,20H,7-9,16H2,1-6H3. The number of imidazole rings is 1. The number of carbonyl (C=O) groups is 1. The van der Waals surface area contributed by atoms with Gasteiger partial charge in [0.1, 0.15) is 23.2 Å². The van der Waals surface area contributed by atoms with Crippen molar-refractivity contribution in [2.24, 2.45) is 7.05 Å². The first kappa shape index (κ1) is 26.2. The highest BCUT2D eigenvalue weighted by molar-refractivity contribution is 5.99. The first-order chi connectivity index (χ1) is 18.7. The maximum absolute atomic E-state index is 14.1. The van der Waals surface area contributed by atoms with Gasteiger partial charge in [-0.2, -0.15) is 10.4 Å². The van der Waals surface area contributed by atoms with Gasteiger partial charge >= 0.3 is 0 Å². The number of aromatic nitrogens is 5. The monoisotopic (exact) mass is 523 g/mol. The summed E-state index contributed by atoms with van der Waals surface area (Å²) < 4.78 is 9.60. The molecule has 0 saturated heterocycles. The molecule has 5 rings (SSSR count). The van der Waals surface area contributed by atoms with Crippen molar-refractivity contribution in [2.75, 3.05) is 13.2 Å². The Labute approximate surface area is 228 Å². The number of hydrogen-bond acceptors (Lipinski definition) is 6. The van der Waals surface area contributed by atoms with Crippen molar-refractivity contribution in [3.8, 4) is 22.9 Å². The lowest BCUT2D eigenvalue weighted by Crippen LogP contribution is -2.40. The van der Waals surface area contributed by atoms with E-state index in [-0.39, 0.29) is 11.9 Å². The fourth-order valence-electron chi connectivity index (χ4n) is 5.47. The minimum absolute atomic E-state index is 0.0314. The summed E-state index contributed by atoms with van der Waals surface area (Å²) in [6.07, 6.45) is 6.30. The molecule has 9 nitrogen and oxygen atoms in total. The number of fused-ring (bicyclic) bond motifs is 1. The lowest BCUT2D eigenvalue weighted by Gasteiger charge is -2.34. The predicted octanol–water partition coefficient (Wildman–Crippen LogP) is 4.68. The third-order valence-corrected chi connectivity index (χ3v) is 7.36. The van der Waals surface area contributed by atoms with Gasteiger partial charge in [-0.3, -0.25) is 14.5 Å². The van der Waals surface area contributed by atoms with E-state index < -0.39 is 0 Å². The molecule has 0 N–H and O–H groups in total. The van der Waals surface area contributed by atoms with Gasteiger partial charge in [0.05, 0.1) is 29.7 Å². The number of nitriles is 1. The van der Waals surface area contributed by atoms with Crippen LogP contribution in [0.25, 0.3) is 11.1 Å². The van der Waals surface area contributed by atoms with Gasteiger partial charge in [0.2, 0.25) is 0 Å². The summed E-state index contributed by atoms with van der Waals surface area (Å²) >= 11 is 0. The summed E-state index contributed by atoms with van der Waals surface area (Å²) in [5, 5.41) is 14.0. The average Bonchev–Trinajstić information content (AvgIpc) is 3.41. The largest absolute Gasteiger partial charge is 0.492 e. The van der Waals surface area contributed by atoms with Crippen LogP contribution in [0.15, 0.2) is 36.8 Å². The molecule has 4 heterocycles. The fourth-order valence-corrected chi connectivity index (χ4v) is 5.47. The average molecular weight is 524 g/mol. The normalized spacial score (nSPS) is 13.8. The molecule has 4 aromatic rings. The Kier molecular flexibility index (Phi) is 6.96. The Hall–Kier alpha value is -4.45. The third kappa shape index (κ3) is 4.90. The quantitative estimate of drug-likeness (QED) is 0.349. The second-order valence-corrected chi connectivity index (χ2v) is 10.1. The van der Waals surface area contributed by atoms with Crippen molar-refractivity contribution in [1.29, 1.82) is 5.26 Å². The molecule has 39 heavy (non-hydrogen) atoms. The first-order valence-corrected chi connectivity index (χ1v) is 13.2. The third-order valence-electron chi connectivity index (χ3n) is 7.36. The molecular weight excluding hydrogens is 490 g/mol. The Morgan fingerprint density at radius 1 is 1.13 bits per heavy atom. The number of amides is 1. The van der Waals surface area contributed by atoms with Gasteiger partial charge in [-0.05, 0) is 69.9 Å². The van der Waals surface area contributed by atoms with Gasteiger partial charge in [0, 0.05) is 55.9 Å². The van der Waals surface area contributed by atoms with E-state index in [1.54, 1.807) is 6.07 Å². The molecule has 1 unspecified atom stereocenters. The number of aryl methyl sites for hydroxylation is 4. The van der Waals surface area contributed by atoms with E-state index in [2.05, 4.69) is 31.8 Å². The first-order valence-electron chi connectivity index (χ1n) is 13.2. The highest BCUT2D eigenvalue weighted by Crippen LogP contribution is 2.36. The lowest BCUT2D eigenvalue weighted by atomic mass is 9.87. The molecule has 1 atom stereocenters. The van der Waals surface area contributed by atoms with Crippen LogP contribution in [-0.2, 0) is 20.0 Å². The maximum Gasteiger partial charge on any atom is 0.254 e. The second kappa shape index (κ2) is 10.4. The molecule has 0 spiro atoms. The van der Waals surface area contributed by atoms with Crippen LogP contribution in [0.2, 0.25) is 0 Å². The van der Waals surface area contributed by atoms with Gasteiger partial charge in [0.15, 0.2) is 0 Å². The number of nitrogens with zero attached hydrogens (tertiary/aromatic N) is 7. The number of ether oxygens (including phenoxy) is 1. The number of rotatable bonds is 7. The van der Waals surface area contributed by atoms with E-state index in [9.17, 15) is 10.1 Å². The molecule has 1 amide bonds. The molecule has 1 aromatic carbocycles. The van der Waals surface area contributed by atoms with E-state index in [1.807, 2.05) is 69.7 Å². The molecule has 3 aromatic heterocycles. The van der Waals surface area contributed by atoms with E-state index in [4.69, 9.17) is 4.74 Å². The van der Waals surface area contributed by atoms with Crippen LogP contribution >= 0.6 is 0 Å². The molecule has 0 radical (unpaired) electrons. The molecule has 200 valence electrons. The van der Waals surface area contributed by atoms with Gasteiger partial charge in [-0.1, -0.05) is 0 Å². The minimum Gasteiger partial charge on any atom is -0.492 e. The van der Waals surface area contributed by atoms with Crippen LogP contribution in [0.3, 0.4) is 0 Å². The summed E-state index contributed by atoms with van der Waals surface area (Å²) in [6, 6.07) is 7.84. The summed E-state index contributed by atoms with van der Waals surface area (Å²) in [6.45, 7) is 11.4. The molecular formula is C30H33N7O2. The molecule has 9 heteroatoms. The van der Waals surface area contributed by atoms with Gasteiger partial charge in [0.25, 0.3) is 5.91 Å². The minimum atomic E-state index is -0.289. The molecule has 0 aliphatic carbocycles. The smallest absolute Gasteiger partial charge is 0.254 e. The van der Waals surface area contributed by atoms with E-state index >= 15 is 0 Å². The van der Waals surface area contributed by atoms with Crippen LogP contribution in [0.1, 0.15) is 69.8 Å². The van der Waals surface area contributed by atoms with Crippen LogP contribution in [0, 0.1) is 32.1 Å². The van der Waals surface area contributed by atoms with Crippen LogP contribution < -0.4 is 4.74 Å².